The van der Waals surface area contributed by atoms with E-state index >= 15 is 0 Å². The highest BCUT2D eigenvalue weighted by atomic mass is 15.0. The molecule has 0 saturated heterocycles. The van der Waals surface area contributed by atoms with E-state index in [-0.39, 0.29) is 5.41 Å². The fourth-order valence-corrected chi connectivity index (χ4v) is 8.59. The van der Waals surface area contributed by atoms with Crippen LogP contribution in [0.3, 0.4) is 0 Å². The summed E-state index contributed by atoms with van der Waals surface area (Å²) in [4.78, 5) is 5.27. The Hall–Kier alpha value is -6.76. The number of pyridine rings is 1. The number of fused-ring (bicyclic) bond motifs is 8. The molecule has 0 radical (unpaired) electrons. The summed E-state index contributed by atoms with van der Waals surface area (Å²) in [6.45, 7) is 4.68. The van der Waals surface area contributed by atoms with Crippen molar-refractivity contribution in [2.24, 2.45) is 0 Å². The zero-order valence-corrected chi connectivity index (χ0v) is 28.9. The van der Waals surface area contributed by atoms with Gasteiger partial charge in [-0.3, -0.25) is 0 Å². The second-order valence-corrected chi connectivity index (χ2v) is 14.3. The van der Waals surface area contributed by atoms with Gasteiger partial charge in [-0.05, 0) is 93.0 Å². The fourth-order valence-electron chi connectivity index (χ4n) is 8.59. The van der Waals surface area contributed by atoms with E-state index in [0.29, 0.717) is 5.56 Å². The molecule has 0 amide bonds. The Morgan fingerprint density at radius 2 is 1.23 bits per heavy atom. The van der Waals surface area contributed by atoms with Crippen LogP contribution in [-0.2, 0) is 5.41 Å². The van der Waals surface area contributed by atoms with Crippen LogP contribution in [0.5, 0.6) is 0 Å². The van der Waals surface area contributed by atoms with E-state index in [0.717, 1.165) is 61.1 Å². The number of aromatic nitrogens is 2. The number of nitrogens with zero attached hydrogens (tertiary/aromatic N) is 3. The Morgan fingerprint density at radius 3 is 2.08 bits per heavy atom. The van der Waals surface area contributed by atoms with Crippen molar-refractivity contribution in [3.05, 3.63) is 180 Å². The van der Waals surface area contributed by atoms with Gasteiger partial charge < -0.3 is 4.57 Å². The maximum Gasteiger partial charge on any atom is 0.0998 e. The first-order valence-electron chi connectivity index (χ1n) is 17.8. The van der Waals surface area contributed by atoms with Gasteiger partial charge in [0.1, 0.15) is 0 Å². The van der Waals surface area contributed by atoms with Crippen LogP contribution in [-0.4, -0.2) is 9.55 Å². The molecule has 0 bridgehead atoms. The van der Waals surface area contributed by atoms with Crippen LogP contribution in [0.2, 0.25) is 0 Å². The van der Waals surface area contributed by atoms with Gasteiger partial charge in [-0.25, -0.2) is 4.98 Å². The van der Waals surface area contributed by atoms with Gasteiger partial charge in [0.15, 0.2) is 0 Å². The van der Waals surface area contributed by atoms with Crippen LogP contribution >= 0.6 is 0 Å². The Kier molecular flexibility index (Phi) is 6.59. The minimum atomic E-state index is -0.102. The minimum Gasteiger partial charge on any atom is -0.309 e. The molecule has 10 rings (SSSR count). The van der Waals surface area contributed by atoms with Gasteiger partial charge >= 0.3 is 0 Å². The largest absolute Gasteiger partial charge is 0.309 e. The van der Waals surface area contributed by atoms with Crippen LogP contribution in [0.25, 0.3) is 83.0 Å². The fraction of sp³-hybridized carbons (Fsp3) is 0.0612. The summed E-state index contributed by atoms with van der Waals surface area (Å²) in [6.07, 6.45) is 0. The molecule has 9 aromatic rings. The molecular weight excluding hydrogens is 631 g/mol. The molecule has 2 aromatic heterocycles. The van der Waals surface area contributed by atoms with Crippen molar-refractivity contribution in [3.63, 3.8) is 0 Å². The number of hydrogen-bond donors (Lipinski definition) is 0. The van der Waals surface area contributed by atoms with Gasteiger partial charge in [0, 0.05) is 32.8 Å². The summed E-state index contributed by atoms with van der Waals surface area (Å²) in [6, 6.07) is 60.4. The predicted octanol–water partition coefficient (Wildman–Crippen LogP) is 12.5. The normalized spacial score (nSPS) is 12.9. The second-order valence-electron chi connectivity index (χ2n) is 14.3. The lowest BCUT2D eigenvalue weighted by Crippen LogP contribution is -2.14. The summed E-state index contributed by atoms with van der Waals surface area (Å²) in [5.74, 6) is 0. The third-order valence-electron chi connectivity index (χ3n) is 11.0. The highest BCUT2D eigenvalue weighted by molar-refractivity contribution is 6.18. The van der Waals surface area contributed by atoms with E-state index in [9.17, 15) is 5.26 Å². The second kappa shape index (κ2) is 11.4. The summed E-state index contributed by atoms with van der Waals surface area (Å²) in [5.41, 5.74) is 16.2. The van der Waals surface area contributed by atoms with Crippen molar-refractivity contribution >= 4 is 32.7 Å². The minimum absolute atomic E-state index is 0.102. The standard InChI is InChI=1S/C49H33N3/c1-49(2)41-21-11-8-19-38(41)47-42(49)24-25-46-48(47)39-20-10-13-23-45(39)52(46)35-27-33(36-17-7-6-16-32(36)30-50)26-34(28-35)44-29-40(31-14-4-3-5-15-31)37-18-9-12-22-43(37)51-44/h3-29H,1-2H3. The molecule has 0 saturated carbocycles. The van der Waals surface area contributed by atoms with Crippen LogP contribution in [0, 0.1) is 11.3 Å². The molecule has 3 nitrogen and oxygen atoms in total. The monoisotopic (exact) mass is 663 g/mol. The maximum absolute atomic E-state index is 10.2. The molecule has 244 valence electrons. The molecule has 1 aliphatic carbocycles. The zero-order valence-electron chi connectivity index (χ0n) is 28.9. The first kappa shape index (κ1) is 30.1. The number of para-hydroxylation sites is 2. The first-order valence-corrected chi connectivity index (χ1v) is 17.8. The van der Waals surface area contributed by atoms with Crippen molar-refractivity contribution in [1.82, 2.24) is 9.55 Å². The number of hydrogen-bond acceptors (Lipinski definition) is 2. The SMILES string of the molecule is CC1(C)c2ccccc2-c2c1ccc1c2c2ccccc2n1-c1cc(-c2cc(-c3ccccc3)c3ccccc3n2)cc(-c2ccccc2C#N)c1. The molecule has 0 spiro atoms. The van der Waals surface area contributed by atoms with Crippen LogP contribution in [0.15, 0.2) is 164 Å². The van der Waals surface area contributed by atoms with E-state index in [4.69, 9.17) is 4.98 Å². The summed E-state index contributed by atoms with van der Waals surface area (Å²) in [5, 5.41) is 13.8. The van der Waals surface area contributed by atoms with Crippen molar-refractivity contribution in [3.8, 4) is 56.4 Å². The Bertz CT molecular complexity index is 2940. The van der Waals surface area contributed by atoms with Gasteiger partial charge in [0.25, 0.3) is 0 Å². The van der Waals surface area contributed by atoms with Crippen molar-refractivity contribution in [2.75, 3.05) is 0 Å². The van der Waals surface area contributed by atoms with Crippen molar-refractivity contribution < 1.29 is 0 Å². The molecule has 3 heteroatoms. The molecule has 52 heavy (non-hydrogen) atoms. The lowest BCUT2D eigenvalue weighted by atomic mass is 9.82. The topological polar surface area (TPSA) is 41.6 Å². The van der Waals surface area contributed by atoms with Crippen molar-refractivity contribution in [1.29, 1.82) is 5.26 Å². The van der Waals surface area contributed by atoms with Gasteiger partial charge in [-0.1, -0.05) is 129 Å². The van der Waals surface area contributed by atoms with Crippen LogP contribution in [0.1, 0.15) is 30.5 Å². The van der Waals surface area contributed by atoms with E-state index in [2.05, 4.69) is 164 Å². The van der Waals surface area contributed by atoms with E-state index in [1.54, 1.807) is 0 Å². The molecule has 7 aromatic carbocycles. The van der Waals surface area contributed by atoms with Gasteiger partial charge in [0.05, 0.1) is 33.9 Å². The lowest BCUT2D eigenvalue weighted by Gasteiger charge is -2.21. The first-order chi connectivity index (χ1) is 25.5. The Labute approximate surface area is 302 Å². The molecule has 0 atom stereocenters. The summed E-state index contributed by atoms with van der Waals surface area (Å²) in [7, 11) is 0. The zero-order chi connectivity index (χ0) is 35.0. The molecule has 2 heterocycles. The number of benzene rings is 7. The molecule has 0 N–H and O–H groups in total. The predicted molar refractivity (Wildman–Crippen MR) is 215 cm³/mol. The smallest absolute Gasteiger partial charge is 0.0998 e. The summed E-state index contributed by atoms with van der Waals surface area (Å²) < 4.78 is 2.40. The van der Waals surface area contributed by atoms with E-state index < -0.39 is 0 Å². The van der Waals surface area contributed by atoms with E-state index in [1.165, 1.54) is 33.0 Å². The third kappa shape index (κ3) is 4.41. The van der Waals surface area contributed by atoms with Gasteiger partial charge in [-0.15, -0.1) is 0 Å². The van der Waals surface area contributed by atoms with Crippen molar-refractivity contribution in [2.45, 2.75) is 19.3 Å². The molecular formula is C49H33N3. The Morgan fingerprint density at radius 1 is 0.538 bits per heavy atom. The number of rotatable bonds is 4. The average molecular weight is 664 g/mol. The maximum atomic E-state index is 10.2. The average Bonchev–Trinajstić information content (AvgIpc) is 3.66. The van der Waals surface area contributed by atoms with E-state index in [1.807, 2.05) is 24.3 Å². The number of nitriles is 1. The highest BCUT2D eigenvalue weighted by Crippen LogP contribution is 2.53. The van der Waals surface area contributed by atoms with Gasteiger partial charge in [0.2, 0.25) is 0 Å². The van der Waals surface area contributed by atoms with Gasteiger partial charge in [-0.2, -0.15) is 5.26 Å². The molecule has 0 unspecified atom stereocenters. The van der Waals surface area contributed by atoms with Crippen LogP contribution in [0.4, 0.5) is 0 Å². The Balaban J connectivity index is 1.30. The van der Waals surface area contributed by atoms with Crippen LogP contribution < -0.4 is 0 Å². The molecule has 0 fully saturated rings. The molecule has 0 aliphatic heterocycles. The highest BCUT2D eigenvalue weighted by Gasteiger charge is 2.37. The third-order valence-corrected chi connectivity index (χ3v) is 11.0. The molecule has 1 aliphatic rings. The quantitative estimate of drug-likeness (QED) is 0.188. The summed E-state index contributed by atoms with van der Waals surface area (Å²) >= 11 is 0. The lowest BCUT2D eigenvalue weighted by molar-refractivity contribution is 0.661.